The lowest BCUT2D eigenvalue weighted by Crippen LogP contribution is -2.32. The van der Waals surface area contributed by atoms with Crippen LogP contribution in [0.2, 0.25) is 0 Å². The van der Waals surface area contributed by atoms with E-state index in [0.717, 1.165) is 25.4 Å². The van der Waals surface area contributed by atoms with Crippen LogP contribution in [-0.2, 0) is 4.74 Å². The zero-order chi connectivity index (χ0) is 14.3. The predicted octanol–water partition coefficient (Wildman–Crippen LogP) is 3.52. The highest BCUT2D eigenvalue weighted by Crippen LogP contribution is 2.29. The lowest BCUT2D eigenvalue weighted by atomic mass is 9.85. The lowest BCUT2D eigenvalue weighted by Gasteiger charge is -2.29. The second-order valence-electron chi connectivity index (χ2n) is 6.41. The fraction of sp³-hybridized carbons (Fsp3) is 0.933. The molecule has 112 valence electrons. The molecule has 2 atom stereocenters. The van der Waals surface area contributed by atoms with E-state index in [-0.39, 0.29) is 5.41 Å². The molecule has 1 aliphatic carbocycles. The third-order valence-corrected chi connectivity index (χ3v) is 4.41. The molecule has 0 aromatic rings. The van der Waals surface area contributed by atoms with Gasteiger partial charge >= 0.3 is 0 Å². The Labute approximate surface area is 117 Å². The minimum atomic E-state index is -0.253. The molecule has 2 unspecified atom stereocenters. The van der Waals surface area contributed by atoms with Gasteiger partial charge in [0.05, 0.1) is 6.10 Å². The number of ether oxygens (including phenoxy) is 1. The Bertz CT molecular complexity index is 290. The summed E-state index contributed by atoms with van der Waals surface area (Å²) in [7, 11) is 0. The predicted molar refractivity (Wildman–Crippen MR) is 78.4 cm³/mol. The molecule has 0 aromatic heterocycles. The Balaban J connectivity index is 2.20. The highest BCUT2D eigenvalue weighted by Gasteiger charge is 2.24. The summed E-state index contributed by atoms with van der Waals surface area (Å²) in [5.41, 5.74) is 5.42. The summed E-state index contributed by atoms with van der Waals surface area (Å²) in [6, 6.07) is 0. The molecular formula is C15H30N2O2. The maximum atomic E-state index is 8.72. The van der Waals surface area contributed by atoms with E-state index < -0.39 is 0 Å². The van der Waals surface area contributed by atoms with Crippen LogP contribution < -0.4 is 5.73 Å². The highest BCUT2D eigenvalue weighted by molar-refractivity contribution is 5.85. The van der Waals surface area contributed by atoms with Gasteiger partial charge in [0.25, 0.3) is 0 Å². The van der Waals surface area contributed by atoms with Gasteiger partial charge in [0, 0.05) is 12.0 Å². The van der Waals surface area contributed by atoms with E-state index >= 15 is 0 Å². The average molecular weight is 270 g/mol. The number of nitrogens with zero attached hydrogens (tertiary/aromatic N) is 1. The minimum Gasteiger partial charge on any atom is -0.409 e. The monoisotopic (exact) mass is 270 g/mol. The lowest BCUT2D eigenvalue weighted by molar-refractivity contribution is 0.00908. The van der Waals surface area contributed by atoms with Crippen LogP contribution in [-0.4, -0.2) is 23.8 Å². The standard InChI is InChI=1S/C15H30N2O2/c1-4-12-7-5-8-13(11-12)19-10-6-9-15(2,3)14(16)17-18/h12-13,18H,4-11H2,1-3H3,(H2,16,17). The van der Waals surface area contributed by atoms with Gasteiger partial charge < -0.3 is 15.7 Å². The van der Waals surface area contributed by atoms with Crippen molar-refractivity contribution in [3.05, 3.63) is 0 Å². The summed E-state index contributed by atoms with van der Waals surface area (Å²) < 4.78 is 5.98. The van der Waals surface area contributed by atoms with E-state index in [1.807, 2.05) is 13.8 Å². The average Bonchev–Trinajstić information content (AvgIpc) is 2.43. The second kappa shape index (κ2) is 7.73. The molecule has 0 heterocycles. The van der Waals surface area contributed by atoms with Crippen LogP contribution in [0.25, 0.3) is 0 Å². The molecular weight excluding hydrogens is 240 g/mol. The van der Waals surface area contributed by atoms with E-state index in [1.165, 1.54) is 32.1 Å². The molecule has 19 heavy (non-hydrogen) atoms. The van der Waals surface area contributed by atoms with Gasteiger partial charge in [-0.1, -0.05) is 45.2 Å². The first-order chi connectivity index (χ1) is 8.99. The molecule has 1 rings (SSSR count). The number of amidine groups is 1. The highest BCUT2D eigenvalue weighted by atomic mass is 16.5. The third-order valence-electron chi connectivity index (χ3n) is 4.41. The van der Waals surface area contributed by atoms with Crippen LogP contribution in [0.3, 0.4) is 0 Å². The van der Waals surface area contributed by atoms with Crippen LogP contribution >= 0.6 is 0 Å². The molecule has 0 spiro atoms. The number of oxime groups is 1. The van der Waals surface area contributed by atoms with Gasteiger partial charge in [-0.05, 0) is 31.6 Å². The molecule has 3 N–H and O–H groups in total. The largest absolute Gasteiger partial charge is 0.409 e. The topological polar surface area (TPSA) is 67.8 Å². The van der Waals surface area contributed by atoms with Crippen molar-refractivity contribution in [1.82, 2.24) is 0 Å². The van der Waals surface area contributed by atoms with Crippen molar-refractivity contribution in [3.8, 4) is 0 Å². The first kappa shape index (κ1) is 16.3. The van der Waals surface area contributed by atoms with Crippen molar-refractivity contribution in [2.45, 2.75) is 71.8 Å². The maximum absolute atomic E-state index is 8.72. The van der Waals surface area contributed by atoms with Crippen LogP contribution in [0.4, 0.5) is 0 Å². The van der Waals surface area contributed by atoms with Crippen molar-refractivity contribution >= 4 is 5.84 Å². The zero-order valence-corrected chi connectivity index (χ0v) is 12.7. The molecule has 0 bridgehead atoms. The number of hydrogen-bond donors (Lipinski definition) is 2. The zero-order valence-electron chi connectivity index (χ0n) is 12.7. The summed E-state index contributed by atoms with van der Waals surface area (Å²) in [6.45, 7) is 7.04. The number of hydrogen-bond acceptors (Lipinski definition) is 3. The summed E-state index contributed by atoms with van der Waals surface area (Å²) in [4.78, 5) is 0. The molecule has 0 radical (unpaired) electrons. The Morgan fingerprint density at radius 3 is 2.79 bits per heavy atom. The number of rotatable bonds is 7. The van der Waals surface area contributed by atoms with Gasteiger partial charge in [-0.3, -0.25) is 0 Å². The van der Waals surface area contributed by atoms with E-state index in [4.69, 9.17) is 15.7 Å². The maximum Gasteiger partial charge on any atom is 0.144 e. The third kappa shape index (κ3) is 5.39. The molecule has 1 aliphatic rings. The van der Waals surface area contributed by atoms with Crippen LogP contribution in [0, 0.1) is 11.3 Å². The molecule has 0 aliphatic heterocycles. The summed E-state index contributed by atoms with van der Waals surface area (Å²) >= 11 is 0. The molecule has 4 heteroatoms. The van der Waals surface area contributed by atoms with E-state index in [9.17, 15) is 0 Å². The fourth-order valence-corrected chi connectivity index (χ4v) is 2.79. The molecule has 0 amide bonds. The van der Waals surface area contributed by atoms with Crippen LogP contribution in [0.5, 0.6) is 0 Å². The van der Waals surface area contributed by atoms with E-state index in [2.05, 4.69) is 12.1 Å². The normalized spacial score (nSPS) is 25.5. The van der Waals surface area contributed by atoms with Gasteiger partial charge in [0.1, 0.15) is 5.84 Å². The molecule has 1 saturated carbocycles. The van der Waals surface area contributed by atoms with Crippen molar-refractivity contribution in [2.75, 3.05) is 6.61 Å². The Morgan fingerprint density at radius 1 is 1.42 bits per heavy atom. The minimum absolute atomic E-state index is 0.253. The van der Waals surface area contributed by atoms with Gasteiger partial charge in [-0.2, -0.15) is 0 Å². The molecule has 0 saturated heterocycles. The molecule has 0 aromatic carbocycles. The van der Waals surface area contributed by atoms with E-state index in [1.54, 1.807) is 0 Å². The Hall–Kier alpha value is -0.770. The SMILES string of the molecule is CCC1CCCC(OCCCC(C)(C)C(N)=NO)C1. The fourth-order valence-electron chi connectivity index (χ4n) is 2.79. The van der Waals surface area contributed by atoms with Crippen molar-refractivity contribution in [2.24, 2.45) is 22.2 Å². The Morgan fingerprint density at radius 2 is 2.16 bits per heavy atom. The first-order valence-corrected chi connectivity index (χ1v) is 7.59. The summed E-state index contributed by atoms with van der Waals surface area (Å²) in [6.07, 6.45) is 8.66. The Kier molecular flexibility index (Phi) is 6.63. The molecule has 1 fully saturated rings. The van der Waals surface area contributed by atoms with Crippen molar-refractivity contribution in [3.63, 3.8) is 0 Å². The second-order valence-corrected chi connectivity index (χ2v) is 6.41. The summed E-state index contributed by atoms with van der Waals surface area (Å²) in [5, 5.41) is 11.8. The first-order valence-electron chi connectivity index (χ1n) is 7.59. The van der Waals surface area contributed by atoms with Gasteiger partial charge in [-0.15, -0.1) is 0 Å². The summed E-state index contributed by atoms with van der Waals surface area (Å²) in [5.74, 6) is 1.16. The smallest absolute Gasteiger partial charge is 0.144 e. The quantitative estimate of drug-likeness (QED) is 0.244. The van der Waals surface area contributed by atoms with Gasteiger partial charge in [-0.25, -0.2) is 0 Å². The van der Waals surface area contributed by atoms with Crippen molar-refractivity contribution < 1.29 is 9.94 Å². The van der Waals surface area contributed by atoms with Crippen molar-refractivity contribution in [1.29, 1.82) is 0 Å². The van der Waals surface area contributed by atoms with E-state index in [0.29, 0.717) is 11.9 Å². The van der Waals surface area contributed by atoms with Gasteiger partial charge in [0.2, 0.25) is 0 Å². The van der Waals surface area contributed by atoms with Crippen LogP contribution in [0.15, 0.2) is 5.16 Å². The molecule has 4 nitrogen and oxygen atoms in total. The number of nitrogens with two attached hydrogens (primary N) is 1. The van der Waals surface area contributed by atoms with Crippen LogP contribution in [0.1, 0.15) is 65.7 Å². The van der Waals surface area contributed by atoms with Gasteiger partial charge in [0.15, 0.2) is 0 Å².